The number of nitrogens with zero attached hydrogens (tertiary/aromatic N) is 1. The molecule has 26 heavy (non-hydrogen) atoms. The van der Waals surface area contributed by atoms with Gasteiger partial charge in [0.25, 0.3) is 0 Å². The molecule has 1 fully saturated rings. The molecule has 0 saturated carbocycles. The van der Waals surface area contributed by atoms with E-state index in [-0.39, 0.29) is 18.2 Å². The predicted octanol–water partition coefficient (Wildman–Crippen LogP) is 2.40. The summed E-state index contributed by atoms with van der Waals surface area (Å²) in [4.78, 5) is 26.9. The second-order valence-electron chi connectivity index (χ2n) is 6.26. The fourth-order valence-corrected chi connectivity index (χ4v) is 3.33. The first-order valence-electron chi connectivity index (χ1n) is 8.41. The van der Waals surface area contributed by atoms with Crippen molar-refractivity contribution in [3.8, 4) is 11.5 Å². The van der Waals surface area contributed by atoms with Crippen LogP contribution in [0.5, 0.6) is 11.5 Å². The molecule has 8 heteroatoms. The molecule has 1 heterocycles. The Morgan fingerprint density at radius 3 is 2.58 bits per heavy atom. The van der Waals surface area contributed by atoms with Crippen LogP contribution in [0.15, 0.2) is 12.1 Å². The van der Waals surface area contributed by atoms with Crippen molar-refractivity contribution in [3.05, 3.63) is 17.2 Å². The summed E-state index contributed by atoms with van der Waals surface area (Å²) in [5, 5.41) is 3.22. The van der Waals surface area contributed by atoms with Crippen LogP contribution in [0.1, 0.15) is 26.2 Å². The highest BCUT2D eigenvalue weighted by Crippen LogP contribution is 2.44. The molecule has 0 aromatic heterocycles. The molecule has 144 valence electrons. The molecule has 0 aliphatic carbocycles. The average molecular weight is 385 g/mol. The molecule has 7 nitrogen and oxygen atoms in total. The standard InChI is InChI=1S/C18H25ClN2O5/c1-18(17(23)20-8-5-9-24-2)7-6-16(22)21(18)13-10-12(19)14(25-3)11-15(13)26-4/h10-11H,5-9H2,1-4H3,(H,20,23)/t18-/m1/s1. The monoisotopic (exact) mass is 384 g/mol. The number of carbonyl (C=O) groups is 2. The van der Waals surface area contributed by atoms with E-state index < -0.39 is 5.54 Å². The van der Waals surface area contributed by atoms with E-state index in [0.717, 1.165) is 0 Å². The number of nitrogens with one attached hydrogen (secondary N) is 1. The zero-order valence-corrected chi connectivity index (χ0v) is 16.3. The summed E-state index contributed by atoms with van der Waals surface area (Å²) in [6, 6.07) is 3.21. The third kappa shape index (κ3) is 3.88. The summed E-state index contributed by atoms with van der Waals surface area (Å²) in [6.45, 7) is 2.79. The summed E-state index contributed by atoms with van der Waals surface area (Å²) in [5.41, 5.74) is -0.564. The van der Waals surface area contributed by atoms with Crippen molar-refractivity contribution < 1.29 is 23.8 Å². The van der Waals surface area contributed by atoms with Gasteiger partial charge in [-0.25, -0.2) is 0 Å². The van der Waals surface area contributed by atoms with E-state index in [1.54, 1.807) is 26.2 Å². The molecule has 1 saturated heterocycles. The fraction of sp³-hybridized carbons (Fsp3) is 0.556. The Morgan fingerprint density at radius 2 is 1.96 bits per heavy atom. The van der Waals surface area contributed by atoms with Crippen molar-refractivity contribution in [1.29, 1.82) is 0 Å². The van der Waals surface area contributed by atoms with E-state index in [0.29, 0.717) is 48.2 Å². The number of rotatable bonds is 8. The average Bonchev–Trinajstić information content (AvgIpc) is 2.94. The maximum absolute atomic E-state index is 12.8. The molecule has 1 aromatic rings. The maximum Gasteiger partial charge on any atom is 0.246 e. The van der Waals surface area contributed by atoms with Gasteiger partial charge >= 0.3 is 0 Å². The number of halogens is 1. The van der Waals surface area contributed by atoms with Crippen molar-refractivity contribution in [3.63, 3.8) is 0 Å². The molecule has 0 bridgehead atoms. The van der Waals surface area contributed by atoms with Crippen LogP contribution in [-0.4, -0.2) is 51.8 Å². The van der Waals surface area contributed by atoms with Gasteiger partial charge in [-0.05, 0) is 25.8 Å². The lowest BCUT2D eigenvalue weighted by atomic mass is 9.96. The van der Waals surface area contributed by atoms with Gasteiger partial charge in [-0.1, -0.05) is 11.6 Å². The first kappa shape index (κ1) is 20.3. The quantitative estimate of drug-likeness (QED) is 0.696. The fourth-order valence-electron chi connectivity index (χ4n) is 3.09. The molecule has 2 rings (SSSR count). The molecule has 1 aliphatic rings. The number of hydrogen-bond acceptors (Lipinski definition) is 5. The van der Waals surface area contributed by atoms with Crippen molar-refractivity contribution in [2.24, 2.45) is 0 Å². The second kappa shape index (κ2) is 8.60. The maximum atomic E-state index is 12.8. The second-order valence-corrected chi connectivity index (χ2v) is 6.67. The number of hydrogen-bond donors (Lipinski definition) is 1. The highest BCUT2D eigenvalue weighted by atomic mass is 35.5. The highest BCUT2D eigenvalue weighted by molar-refractivity contribution is 6.32. The summed E-state index contributed by atoms with van der Waals surface area (Å²) >= 11 is 6.24. The third-order valence-electron chi connectivity index (χ3n) is 4.56. The van der Waals surface area contributed by atoms with Crippen molar-refractivity contribution in [2.75, 3.05) is 39.4 Å². The van der Waals surface area contributed by atoms with E-state index in [1.807, 2.05) is 0 Å². The normalized spacial score (nSPS) is 19.6. The van der Waals surface area contributed by atoms with Gasteiger partial charge < -0.3 is 19.5 Å². The molecular formula is C18H25ClN2O5. The molecule has 0 radical (unpaired) electrons. The van der Waals surface area contributed by atoms with Crippen LogP contribution in [0.25, 0.3) is 0 Å². The minimum Gasteiger partial charge on any atom is -0.495 e. The first-order valence-corrected chi connectivity index (χ1v) is 8.78. The topological polar surface area (TPSA) is 77.1 Å². The highest BCUT2D eigenvalue weighted by Gasteiger charge is 2.49. The van der Waals surface area contributed by atoms with Crippen molar-refractivity contribution >= 4 is 29.1 Å². The van der Waals surface area contributed by atoms with Gasteiger partial charge in [0.15, 0.2) is 0 Å². The molecule has 1 aromatic carbocycles. The van der Waals surface area contributed by atoms with Crippen LogP contribution in [-0.2, 0) is 14.3 Å². The SMILES string of the molecule is COCCCNC(=O)[C@@]1(C)CCC(=O)N1c1cc(Cl)c(OC)cc1OC. The lowest BCUT2D eigenvalue weighted by Gasteiger charge is -2.35. The molecule has 1 atom stereocenters. The van der Waals surface area contributed by atoms with E-state index in [2.05, 4.69) is 5.32 Å². The molecule has 0 unspecified atom stereocenters. The summed E-state index contributed by atoms with van der Waals surface area (Å²) in [5.74, 6) is 0.483. The van der Waals surface area contributed by atoms with Crippen LogP contribution in [0, 0.1) is 0 Å². The minimum atomic E-state index is -1.02. The van der Waals surface area contributed by atoms with Crippen LogP contribution < -0.4 is 19.7 Å². The summed E-state index contributed by atoms with van der Waals surface area (Å²) < 4.78 is 15.6. The largest absolute Gasteiger partial charge is 0.495 e. The Bertz CT molecular complexity index is 682. The predicted molar refractivity (Wildman–Crippen MR) is 99.2 cm³/mol. The minimum absolute atomic E-state index is 0.154. The Kier molecular flexibility index (Phi) is 6.72. The zero-order chi connectivity index (χ0) is 19.3. The Balaban J connectivity index is 2.35. The van der Waals surface area contributed by atoms with E-state index >= 15 is 0 Å². The van der Waals surface area contributed by atoms with Crippen LogP contribution in [0.4, 0.5) is 5.69 Å². The zero-order valence-electron chi connectivity index (χ0n) is 15.6. The lowest BCUT2D eigenvalue weighted by Crippen LogP contribution is -2.55. The number of ether oxygens (including phenoxy) is 3. The molecule has 1 aliphatic heterocycles. The van der Waals surface area contributed by atoms with E-state index in [9.17, 15) is 9.59 Å². The third-order valence-corrected chi connectivity index (χ3v) is 4.86. The van der Waals surface area contributed by atoms with Crippen molar-refractivity contribution in [2.45, 2.75) is 31.7 Å². The van der Waals surface area contributed by atoms with Gasteiger partial charge in [0.2, 0.25) is 11.8 Å². The number of carbonyl (C=O) groups excluding carboxylic acids is 2. The number of anilines is 1. The van der Waals surface area contributed by atoms with Crippen LogP contribution in [0.3, 0.4) is 0 Å². The molecule has 2 amide bonds. The molecule has 1 N–H and O–H groups in total. The van der Waals surface area contributed by atoms with E-state index in [4.69, 9.17) is 25.8 Å². The molecule has 0 spiro atoms. The van der Waals surface area contributed by atoms with Crippen molar-refractivity contribution in [1.82, 2.24) is 5.32 Å². The Morgan fingerprint density at radius 1 is 1.27 bits per heavy atom. The lowest BCUT2D eigenvalue weighted by molar-refractivity contribution is -0.127. The Labute approximate surface area is 158 Å². The Hall–Kier alpha value is -1.99. The van der Waals surface area contributed by atoms with Gasteiger partial charge in [-0.3, -0.25) is 14.5 Å². The van der Waals surface area contributed by atoms with Gasteiger partial charge in [0.1, 0.15) is 17.0 Å². The van der Waals surface area contributed by atoms with Gasteiger partial charge in [-0.15, -0.1) is 0 Å². The summed E-state index contributed by atoms with van der Waals surface area (Å²) in [7, 11) is 4.61. The van der Waals surface area contributed by atoms with Gasteiger partial charge in [-0.2, -0.15) is 0 Å². The van der Waals surface area contributed by atoms with Gasteiger partial charge in [0, 0.05) is 32.7 Å². The first-order chi connectivity index (χ1) is 12.4. The van der Waals surface area contributed by atoms with Crippen LogP contribution in [0.2, 0.25) is 5.02 Å². The van der Waals surface area contributed by atoms with Crippen LogP contribution >= 0.6 is 11.6 Å². The van der Waals surface area contributed by atoms with Gasteiger partial charge in [0.05, 0.1) is 24.9 Å². The van der Waals surface area contributed by atoms with E-state index in [1.165, 1.54) is 19.1 Å². The smallest absolute Gasteiger partial charge is 0.246 e. The summed E-state index contributed by atoms with van der Waals surface area (Å²) in [6.07, 6.45) is 1.38. The number of methoxy groups -OCH3 is 3. The number of benzene rings is 1. The molecular weight excluding hydrogens is 360 g/mol. The number of amides is 2.